The first kappa shape index (κ1) is 25.3. The van der Waals surface area contributed by atoms with Gasteiger partial charge in [-0.25, -0.2) is 4.39 Å². The molecule has 0 spiro atoms. The molecule has 2 amide bonds. The van der Waals surface area contributed by atoms with Gasteiger partial charge in [-0.1, -0.05) is 29.8 Å². The average molecular weight is 512 g/mol. The summed E-state index contributed by atoms with van der Waals surface area (Å²) in [7, 11) is 1.63. The first-order valence-electron chi connectivity index (χ1n) is 12.6. The number of carbonyl (C=O) groups is 2. The minimum Gasteiger partial charge on any atom is -0.497 e. The lowest BCUT2D eigenvalue weighted by Gasteiger charge is -2.35. The van der Waals surface area contributed by atoms with Gasteiger partial charge in [0.15, 0.2) is 0 Å². The number of aromatic nitrogens is 1. The zero-order valence-corrected chi connectivity index (χ0v) is 21.8. The van der Waals surface area contributed by atoms with Gasteiger partial charge in [0.1, 0.15) is 11.6 Å². The van der Waals surface area contributed by atoms with Crippen LogP contribution in [0.4, 0.5) is 4.39 Å². The first-order valence-corrected chi connectivity index (χ1v) is 12.6. The predicted octanol–water partition coefficient (Wildman–Crippen LogP) is 5.51. The number of halogens is 1. The van der Waals surface area contributed by atoms with Crippen molar-refractivity contribution in [2.45, 2.75) is 13.8 Å². The third kappa shape index (κ3) is 4.79. The molecule has 3 aromatic carbocycles. The number of piperazine rings is 1. The smallest absolute Gasteiger partial charge is 0.256 e. The Labute approximate surface area is 221 Å². The van der Waals surface area contributed by atoms with Crippen molar-refractivity contribution in [1.29, 1.82) is 0 Å². The van der Waals surface area contributed by atoms with E-state index in [1.807, 2.05) is 44.2 Å². The summed E-state index contributed by atoms with van der Waals surface area (Å²) in [6.45, 7) is 5.46. The predicted molar refractivity (Wildman–Crippen MR) is 145 cm³/mol. The van der Waals surface area contributed by atoms with Crippen molar-refractivity contribution in [1.82, 2.24) is 14.4 Å². The number of carbonyl (C=O) groups excluding carboxylic acids is 2. The molecule has 7 heteroatoms. The summed E-state index contributed by atoms with van der Waals surface area (Å²) >= 11 is 0. The normalized spacial score (nSPS) is 13.5. The van der Waals surface area contributed by atoms with Gasteiger partial charge in [0, 0.05) is 37.6 Å². The molecule has 1 aromatic heterocycles. The van der Waals surface area contributed by atoms with E-state index in [1.54, 1.807) is 29.0 Å². The first-order chi connectivity index (χ1) is 18.4. The Hall–Kier alpha value is -4.39. The summed E-state index contributed by atoms with van der Waals surface area (Å²) in [6.07, 6.45) is 0. The van der Waals surface area contributed by atoms with Gasteiger partial charge in [0.2, 0.25) is 0 Å². The van der Waals surface area contributed by atoms with E-state index in [-0.39, 0.29) is 17.4 Å². The number of rotatable bonds is 5. The van der Waals surface area contributed by atoms with Crippen LogP contribution in [0.2, 0.25) is 0 Å². The van der Waals surface area contributed by atoms with E-state index < -0.39 is 5.82 Å². The Kier molecular flexibility index (Phi) is 7.01. The molecule has 1 saturated heterocycles. The molecular weight excluding hydrogens is 481 g/mol. The standard InChI is InChI=1S/C31H30FN3O3/c1-21-8-12-24(13-9-21)35-22(2)27(20-29(35)23-10-14-25(38-3)15-11-23)31(37)34-18-16-33(17-19-34)30(36)26-6-4-5-7-28(26)32/h4-15,20H,16-19H2,1-3H3. The molecule has 1 aliphatic rings. The Morgan fingerprint density at radius 1 is 0.763 bits per heavy atom. The molecule has 2 heterocycles. The van der Waals surface area contributed by atoms with Crippen molar-refractivity contribution >= 4 is 11.8 Å². The molecular formula is C31H30FN3O3. The summed E-state index contributed by atoms with van der Waals surface area (Å²) in [5, 5.41) is 0. The van der Waals surface area contributed by atoms with Gasteiger partial charge < -0.3 is 19.1 Å². The van der Waals surface area contributed by atoms with Crippen LogP contribution >= 0.6 is 0 Å². The summed E-state index contributed by atoms with van der Waals surface area (Å²) in [4.78, 5) is 29.9. The SMILES string of the molecule is COc1ccc(-c2cc(C(=O)N3CCN(C(=O)c4ccccc4F)CC3)c(C)n2-c2ccc(C)cc2)cc1. The lowest BCUT2D eigenvalue weighted by Crippen LogP contribution is -2.50. The van der Waals surface area contributed by atoms with Gasteiger partial charge in [-0.15, -0.1) is 0 Å². The van der Waals surface area contributed by atoms with Crippen LogP contribution < -0.4 is 4.74 Å². The van der Waals surface area contributed by atoms with Crippen LogP contribution in [-0.2, 0) is 0 Å². The molecule has 38 heavy (non-hydrogen) atoms. The molecule has 0 aliphatic carbocycles. The van der Waals surface area contributed by atoms with Crippen LogP contribution in [0.1, 0.15) is 32.0 Å². The molecule has 0 unspecified atom stereocenters. The minimum atomic E-state index is -0.532. The van der Waals surface area contributed by atoms with Crippen LogP contribution in [-0.4, -0.2) is 59.5 Å². The van der Waals surface area contributed by atoms with Crippen molar-refractivity contribution in [2.75, 3.05) is 33.3 Å². The highest BCUT2D eigenvalue weighted by atomic mass is 19.1. The monoisotopic (exact) mass is 511 g/mol. The molecule has 5 rings (SSSR count). The molecule has 0 N–H and O–H groups in total. The quantitative estimate of drug-likeness (QED) is 0.355. The van der Waals surface area contributed by atoms with E-state index in [0.29, 0.717) is 31.7 Å². The van der Waals surface area contributed by atoms with E-state index in [9.17, 15) is 14.0 Å². The number of aryl methyl sites for hydroxylation is 1. The van der Waals surface area contributed by atoms with Gasteiger partial charge in [-0.05, 0) is 74.0 Å². The van der Waals surface area contributed by atoms with E-state index >= 15 is 0 Å². The fourth-order valence-electron chi connectivity index (χ4n) is 4.91. The van der Waals surface area contributed by atoms with Gasteiger partial charge in [0.05, 0.1) is 23.9 Å². The number of hydrogen-bond acceptors (Lipinski definition) is 3. The fraction of sp³-hybridized carbons (Fsp3) is 0.226. The number of nitrogens with zero attached hydrogens (tertiary/aromatic N) is 3. The van der Waals surface area contributed by atoms with Gasteiger partial charge in [-0.2, -0.15) is 0 Å². The number of benzene rings is 3. The molecule has 0 atom stereocenters. The minimum absolute atomic E-state index is 0.0578. The Morgan fingerprint density at radius 2 is 1.34 bits per heavy atom. The number of hydrogen-bond donors (Lipinski definition) is 0. The Morgan fingerprint density at radius 3 is 1.92 bits per heavy atom. The van der Waals surface area contributed by atoms with Gasteiger partial charge >= 0.3 is 0 Å². The second kappa shape index (κ2) is 10.5. The lowest BCUT2D eigenvalue weighted by molar-refractivity contribution is 0.0532. The summed E-state index contributed by atoms with van der Waals surface area (Å²) in [5.41, 5.74) is 5.52. The highest BCUT2D eigenvalue weighted by Gasteiger charge is 2.29. The molecule has 0 saturated carbocycles. The lowest BCUT2D eigenvalue weighted by atomic mass is 10.1. The number of amides is 2. The van der Waals surface area contributed by atoms with E-state index in [4.69, 9.17) is 4.74 Å². The highest BCUT2D eigenvalue weighted by molar-refractivity contribution is 5.98. The fourth-order valence-corrected chi connectivity index (χ4v) is 4.91. The van der Waals surface area contributed by atoms with Crippen molar-refractivity contribution in [3.8, 4) is 22.7 Å². The maximum Gasteiger partial charge on any atom is 0.256 e. The van der Waals surface area contributed by atoms with Crippen molar-refractivity contribution in [3.63, 3.8) is 0 Å². The van der Waals surface area contributed by atoms with Gasteiger partial charge in [-0.3, -0.25) is 9.59 Å². The van der Waals surface area contributed by atoms with Crippen LogP contribution in [0, 0.1) is 19.7 Å². The van der Waals surface area contributed by atoms with Crippen LogP contribution in [0.15, 0.2) is 78.9 Å². The topological polar surface area (TPSA) is 54.8 Å². The Balaban J connectivity index is 1.42. The zero-order chi connectivity index (χ0) is 26.8. The second-order valence-electron chi connectivity index (χ2n) is 9.49. The van der Waals surface area contributed by atoms with Crippen molar-refractivity contribution < 1.29 is 18.7 Å². The third-order valence-corrected chi connectivity index (χ3v) is 7.11. The van der Waals surface area contributed by atoms with Gasteiger partial charge in [0.25, 0.3) is 11.8 Å². The molecule has 4 aromatic rings. The molecule has 0 radical (unpaired) electrons. The number of methoxy groups -OCH3 is 1. The van der Waals surface area contributed by atoms with E-state index in [0.717, 1.165) is 34.0 Å². The third-order valence-electron chi connectivity index (χ3n) is 7.11. The summed E-state index contributed by atoms with van der Waals surface area (Å²) < 4.78 is 21.6. The van der Waals surface area contributed by atoms with E-state index in [1.165, 1.54) is 12.1 Å². The highest BCUT2D eigenvalue weighted by Crippen LogP contribution is 2.31. The molecule has 1 aliphatic heterocycles. The van der Waals surface area contributed by atoms with E-state index in [2.05, 4.69) is 28.8 Å². The largest absolute Gasteiger partial charge is 0.497 e. The molecule has 6 nitrogen and oxygen atoms in total. The molecule has 0 bridgehead atoms. The van der Waals surface area contributed by atoms with Crippen molar-refractivity contribution in [2.24, 2.45) is 0 Å². The second-order valence-corrected chi connectivity index (χ2v) is 9.49. The number of ether oxygens (including phenoxy) is 1. The van der Waals surface area contributed by atoms with Crippen LogP contribution in [0.3, 0.4) is 0 Å². The molecule has 194 valence electrons. The Bertz CT molecular complexity index is 1470. The summed E-state index contributed by atoms with van der Waals surface area (Å²) in [6, 6.07) is 23.9. The molecule has 1 fully saturated rings. The zero-order valence-electron chi connectivity index (χ0n) is 21.8. The average Bonchev–Trinajstić information content (AvgIpc) is 3.30. The maximum atomic E-state index is 14.1. The summed E-state index contributed by atoms with van der Waals surface area (Å²) in [5.74, 6) is -0.201. The maximum absolute atomic E-state index is 14.1. The van der Waals surface area contributed by atoms with Crippen LogP contribution in [0.25, 0.3) is 16.9 Å². The van der Waals surface area contributed by atoms with Crippen LogP contribution in [0.5, 0.6) is 5.75 Å². The van der Waals surface area contributed by atoms with Crippen molar-refractivity contribution in [3.05, 3.63) is 107 Å².